The molecule has 0 aromatic heterocycles. The Labute approximate surface area is 84.7 Å². The van der Waals surface area contributed by atoms with E-state index in [1.54, 1.807) is 26.0 Å². The second kappa shape index (κ2) is 4.12. The van der Waals surface area contributed by atoms with E-state index in [4.69, 9.17) is 0 Å². The van der Waals surface area contributed by atoms with Gasteiger partial charge in [0.05, 0.1) is 0 Å². The van der Waals surface area contributed by atoms with Gasteiger partial charge in [-0.05, 0) is 5.56 Å². The zero-order chi connectivity index (χ0) is 10.8. The number of hydrogen-bond donors (Lipinski definition) is 1. The molecule has 0 fully saturated rings. The van der Waals surface area contributed by atoms with Gasteiger partial charge in [-0.25, -0.2) is 0 Å². The molecule has 1 aromatic rings. The highest BCUT2D eigenvalue weighted by molar-refractivity contribution is 7.69. The van der Waals surface area contributed by atoms with Crippen molar-refractivity contribution in [1.82, 2.24) is 0 Å². The van der Waals surface area contributed by atoms with Crippen LogP contribution < -0.4 is 0 Å². The minimum atomic E-state index is -3.27. The molecule has 0 spiro atoms. The van der Waals surface area contributed by atoms with E-state index in [0.29, 0.717) is 5.31 Å². The minimum absolute atomic E-state index is 0.282. The molecule has 0 bridgehead atoms. The van der Waals surface area contributed by atoms with Crippen molar-refractivity contribution >= 4 is 12.7 Å². The molecular weight excluding hydrogens is 195 g/mol. The molecule has 0 heterocycles. The Morgan fingerprint density at radius 1 is 1.36 bits per heavy atom. The highest BCUT2D eigenvalue weighted by atomic mass is 31.2. The van der Waals surface area contributed by atoms with Gasteiger partial charge in [0, 0.05) is 11.0 Å². The van der Waals surface area contributed by atoms with Gasteiger partial charge in [-0.2, -0.15) is 0 Å². The first-order chi connectivity index (χ1) is 6.46. The van der Waals surface area contributed by atoms with Crippen molar-refractivity contribution in [3.8, 4) is 0 Å². The predicted molar refractivity (Wildman–Crippen MR) is 60.4 cm³/mol. The Morgan fingerprint density at radius 2 is 1.86 bits per heavy atom. The third-order valence-electron chi connectivity index (χ3n) is 2.19. The van der Waals surface area contributed by atoms with E-state index in [1.165, 1.54) is 0 Å². The summed E-state index contributed by atoms with van der Waals surface area (Å²) in [5, 5.41) is 0.341. The molecule has 1 unspecified atom stereocenters. The molecule has 1 rings (SSSR count). The predicted octanol–water partition coefficient (Wildman–Crippen LogP) is 3.34. The maximum Gasteiger partial charge on any atom is 0.232 e. The highest BCUT2D eigenvalue weighted by Gasteiger charge is 2.27. The van der Waals surface area contributed by atoms with E-state index in [-0.39, 0.29) is 5.66 Å². The van der Waals surface area contributed by atoms with E-state index in [0.717, 1.165) is 5.56 Å². The average Bonchev–Trinajstić information content (AvgIpc) is 2.17. The van der Waals surface area contributed by atoms with Crippen LogP contribution >= 0.6 is 7.37 Å². The van der Waals surface area contributed by atoms with Gasteiger partial charge in [0.1, 0.15) is 0 Å². The Kier molecular flexibility index (Phi) is 3.30. The molecule has 0 aliphatic carbocycles. The van der Waals surface area contributed by atoms with Crippen molar-refractivity contribution in [3.05, 3.63) is 42.5 Å². The van der Waals surface area contributed by atoms with Crippen LogP contribution in [0.15, 0.2) is 36.9 Å². The summed E-state index contributed by atoms with van der Waals surface area (Å²) in [6.45, 7) is 7.17. The Morgan fingerprint density at radius 3 is 2.29 bits per heavy atom. The van der Waals surface area contributed by atoms with Crippen molar-refractivity contribution in [1.29, 1.82) is 0 Å². The van der Waals surface area contributed by atoms with Crippen LogP contribution in [0.4, 0.5) is 0 Å². The van der Waals surface area contributed by atoms with Gasteiger partial charge in [-0.1, -0.05) is 50.8 Å². The molecule has 3 heteroatoms. The molecule has 2 nitrogen and oxygen atoms in total. The second-order valence-corrected chi connectivity index (χ2v) is 6.35. The maximum absolute atomic E-state index is 11.9. The standard InChI is InChI=1S/C11H15O2P/c1-9(2)14(12,13)10(3)11-7-5-4-6-8-11/h4-9H,3H2,1-2H3,(H,12,13). The fourth-order valence-corrected chi connectivity index (χ4v) is 2.27. The first kappa shape index (κ1) is 11.2. The van der Waals surface area contributed by atoms with Crippen LogP contribution in [0.5, 0.6) is 0 Å². The zero-order valence-corrected chi connectivity index (χ0v) is 9.37. The van der Waals surface area contributed by atoms with E-state index in [9.17, 15) is 9.46 Å². The van der Waals surface area contributed by atoms with E-state index in [2.05, 4.69) is 6.58 Å². The average molecular weight is 210 g/mol. The molecule has 0 saturated heterocycles. The number of rotatable bonds is 3. The fourth-order valence-electron chi connectivity index (χ4n) is 1.13. The molecular formula is C11H15O2P. The summed E-state index contributed by atoms with van der Waals surface area (Å²) in [6, 6.07) is 9.14. The van der Waals surface area contributed by atoms with Crippen molar-refractivity contribution in [2.45, 2.75) is 19.5 Å². The summed E-state index contributed by atoms with van der Waals surface area (Å²) in [5.74, 6) is 0. The molecule has 14 heavy (non-hydrogen) atoms. The largest absolute Gasteiger partial charge is 0.341 e. The normalized spacial score (nSPS) is 15.1. The molecule has 0 radical (unpaired) electrons. The number of hydrogen-bond acceptors (Lipinski definition) is 1. The van der Waals surface area contributed by atoms with Gasteiger partial charge in [0.2, 0.25) is 7.37 Å². The Hall–Kier alpha value is -0.850. The monoisotopic (exact) mass is 210 g/mol. The lowest BCUT2D eigenvalue weighted by molar-refractivity contribution is 0.482. The van der Waals surface area contributed by atoms with Crippen molar-refractivity contribution in [3.63, 3.8) is 0 Å². The SMILES string of the molecule is C=C(c1ccccc1)P(=O)(O)C(C)C. The van der Waals surface area contributed by atoms with Gasteiger partial charge in [0.15, 0.2) is 0 Å². The van der Waals surface area contributed by atoms with Crippen LogP contribution in [-0.4, -0.2) is 10.6 Å². The summed E-state index contributed by atoms with van der Waals surface area (Å²) in [6.07, 6.45) is 0. The van der Waals surface area contributed by atoms with Crippen molar-refractivity contribution in [2.24, 2.45) is 0 Å². The molecule has 0 amide bonds. The summed E-state index contributed by atoms with van der Waals surface area (Å²) < 4.78 is 11.9. The lowest BCUT2D eigenvalue weighted by atomic mass is 10.2. The molecule has 1 aromatic carbocycles. The maximum atomic E-state index is 11.9. The van der Waals surface area contributed by atoms with Crippen LogP contribution in [0.2, 0.25) is 0 Å². The van der Waals surface area contributed by atoms with E-state index < -0.39 is 7.37 Å². The van der Waals surface area contributed by atoms with Gasteiger partial charge in [0.25, 0.3) is 0 Å². The van der Waals surface area contributed by atoms with Crippen LogP contribution in [0, 0.1) is 0 Å². The lowest BCUT2D eigenvalue weighted by Crippen LogP contribution is -1.98. The zero-order valence-electron chi connectivity index (χ0n) is 8.47. The first-order valence-electron chi connectivity index (χ1n) is 4.53. The summed E-state index contributed by atoms with van der Waals surface area (Å²) in [7, 11) is -3.27. The molecule has 0 aliphatic heterocycles. The molecule has 76 valence electrons. The first-order valence-corrected chi connectivity index (χ1v) is 6.26. The van der Waals surface area contributed by atoms with Gasteiger partial charge < -0.3 is 4.89 Å². The van der Waals surface area contributed by atoms with E-state index >= 15 is 0 Å². The molecule has 0 saturated carbocycles. The van der Waals surface area contributed by atoms with E-state index in [1.807, 2.05) is 18.2 Å². The second-order valence-electron chi connectivity index (χ2n) is 3.53. The van der Waals surface area contributed by atoms with Gasteiger partial charge in [-0.3, -0.25) is 4.57 Å². The van der Waals surface area contributed by atoms with Gasteiger partial charge >= 0.3 is 0 Å². The quantitative estimate of drug-likeness (QED) is 0.777. The molecule has 1 N–H and O–H groups in total. The van der Waals surface area contributed by atoms with Crippen LogP contribution in [-0.2, 0) is 4.57 Å². The number of benzene rings is 1. The van der Waals surface area contributed by atoms with Crippen molar-refractivity contribution in [2.75, 3.05) is 0 Å². The third kappa shape index (κ3) is 2.14. The minimum Gasteiger partial charge on any atom is -0.341 e. The summed E-state index contributed by atoms with van der Waals surface area (Å²) in [4.78, 5) is 9.77. The topological polar surface area (TPSA) is 37.3 Å². The lowest BCUT2D eigenvalue weighted by Gasteiger charge is -2.17. The third-order valence-corrected chi connectivity index (χ3v) is 4.63. The van der Waals surface area contributed by atoms with Crippen LogP contribution in [0.25, 0.3) is 5.31 Å². The summed E-state index contributed by atoms with van der Waals surface area (Å²) in [5.41, 5.74) is 0.460. The smallest absolute Gasteiger partial charge is 0.232 e. The van der Waals surface area contributed by atoms with Crippen LogP contribution in [0.3, 0.4) is 0 Å². The Balaban J connectivity index is 3.04. The van der Waals surface area contributed by atoms with Gasteiger partial charge in [-0.15, -0.1) is 0 Å². The molecule has 1 atom stereocenters. The fraction of sp³-hybridized carbons (Fsp3) is 0.273. The van der Waals surface area contributed by atoms with Crippen molar-refractivity contribution < 1.29 is 9.46 Å². The Bertz CT molecular complexity index is 368. The molecule has 0 aliphatic rings. The summed E-state index contributed by atoms with van der Waals surface area (Å²) >= 11 is 0. The van der Waals surface area contributed by atoms with Crippen LogP contribution in [0.1, 0.15) is 19.4 Å². The highest BCUT2D eigenvalue weighted by Crippen LogP contribution is 2.57.